The third-order valence-corrected chi connectivity index (χ3v) is 1.50. The van der Waals surface area contributed by atoms with E-state index in [-0.39, 0.29) is 6.04 Å². The Labute approximate surface area is 66.6 Å². The molecule has 0 saturated carbocycles. The van der Waals surface area contributed by atoms with Crippen LogP contribution in [-0.4, -0.2) is 4.98 Å². The average Bonchev–Trinajstić information content (AvgIpc) is 2.37. The van der Waals surface area contributed by atoms with Crippen LogP contribution in [0.15, 0.2) is 10.7 Å². The van der Waals surface area contributed by atoms with Crippen molar-refractivity contribution < 1.29 is 4.42 Å². The Morgan fingerprint density at radius 1 is 1.73 bits per heavy atom. The van der Waals surface area contributed by atoms with E-state index in [1.807, 2.05) is 6.92 Å². The Balaban J connectivity index is 2.66. The van der Waals surface area contributed by atoms with Crippen molar-refractivity contribution in [1.29, 1.82) is 0 Å². The first-order valence-electron chi connectivity index (χ1n) is 3.94. The fourth-order valence-electron chi connectivity index (χ4n) is 0.863. The van der Waals surface area contributed by atoms with Crippen molar-refractivity contribution in [3.05, 3.63) is 17.8 Å². The van der Waals surface area contributed by atoms with Gasteiger partial charge in [-0.15, -0.1) is 0 Å². The quantitative estimate of drug-likeness (QED) is 0.720. The molecule has 0 aliphatic heterocycles. The Morgan fingerprint density at radius 2 is 2.45 bits per heavy atom. The van der Waals surface area contributed by atoms with E-state index in [4.69, 9.17) is 10.2 Å². The normalized spacial score (nSPS) is 13.4. The highest BCUT2D eigenvalue weighted by molar-refractivity contribution is 5.00. The molecule has 62 valence electrons. The summed E-state index contributed by atoms with van der Waals surface area (Å²) in [5.74, 6) is 0.791. The van der Waals surface area contributed by atoms with Crippen molar-refractivity contribution in [2.45, 2.75) is 32.7 Å². The lowest BCUT2D eigenvalue weighted by Crippen LogP contribution is -2.05. The molecule has 1 unspecified atom stereocenters. The molecule has 0 aliphatic rings. The highest BCUT2D eigenvalue weighted by atomic mass is 16.3. The van der Waals surface area contributed by atoms with Gasteiger partial charge in [0.25, 0.3) is 0 Å². The zero-order valence-electron chi connectivity index (χ0n) is 7.00. The van der Waals surface area contributed by atoms with E-state index in [9.17, 15) is 0 Å². The molecule has 0 radical (unpaired) electrons. The summed E-state index contributed by atoms with van der Waals surface area (Å²) in [6, 6.07) is -0.0237. The molecule has 1 aromatic heterocycles. The minimum atomic E-state index is -0.0237. The number of nitrogens with two attached hydrogens (primary N) is 1. The fourth-order valence-corrected chi connectivity index (χ4v) is 0.863. The number of hydrogen-bond donors (Lipinski definition) is 1. The van der Waals surface area contributed by atoms with E-state index >= 15 is 0 Å². The summed E-state index contributed by atoms with van der Waals surface area (Å²) in [7, 11) is 0. The Bertz CT molecular complexity index is 218. The summed E-state index contributed by atoms with van der Waals surface area (Å²) in [6.45, 7) is 3.99. The second-order valence-corrected chi connectivity index (χ2v) is 2.70. The van der Waals surface area contributed by atoms with Crippen molar-refractivity contribution in [2.75, 3.05) is 0 Å². The van der Waals surface area contributed by atoms with Crippen molar-refractivity contribution in [2.24, 2.45) is 5.73 Å². The summed E-state index contributed by atoms with van der Waals surface area (Å²) < 4.78 is 5.18. The molecule has 2 N–H and O–H groups in total. The van der Waals surface area contributed by atoms with Gasteiger partial charge in [0.05, 0.1) is 5.69 Å². The SMILES string of the molecule is CCCc1nc(C(C)N)co1. The molecule has 0 amide bonds. The zero-order valence-corrected chi connectivity index (χ0v) is 7.00. The first-order valence-corrected chi connectivity index (χ1v) is 3.94. The molecule has 1 rings (SSSR count). The highest BCUT2D eigenvalue weighted by Crippen LogP contribution is 2.09. The first-order chi connectivity index (χ1) is 5.24. The van der Waals surface area contributed by atoms with E-state index in [0.29, 0.717) is 0 Å². The van der Waals surface area contributed by atoms with Crippen molar-refractivity contribution >= 4 is 0 Å². The molecular formula is C8H14N2O. The molecule has 11 heavy (non-hydrogen) atoms. The van der Waals surface area contributed by atoms with Crippen LogP contribution in [0.3, 0.4) is 0 Å². The molecular weight excluding hydrogens is 140 g/mol. The Hall–Kier alpha value is -0.830. The van der Waals surface area contributed by atoms with Crippen molar-refractivity contribution in [1.82, 2.24) is 4.98 Å². The Kier molecular flexibility index (Phi) is 2.65. The predicted octanol–water partition coefficient (Wildman–Crippen LogP) is 1.65. The van der Waals surface area contributed by atoms with Crippen LogP contribution in [0.1, 0.15) is 37.9 Å². The minimum Gasteiger partial charge on any atom is -0.449 e. The molecule has 3 nitrogen and oxygen atoms in total. The number of nitrogens with zero attached hydrogens (tertiary/aromatic N) is 1. The third-order valence-electron chi connectivity index (χ3n) is 1.50. The van der Waals surface area contributed by atoms with Gasteiger partial charge in [0.15, 0.2) is 5.89 Å². The van der Waals surface area contributed by atoms with Crippen LogP contribution < -0.4 is 5.73 Å². The van der Waals surface area contributed by atoms with Gasteiger partial charge in [0.1, 0.15) is 6.26 Å². The van der Waals surface area contributed by atoms with Crippen molar-refractivity contribution in [3.8, 4) is 0 Å². The van der Waals surface area contributed by atoms with E-state index < -0.39 is 0 Å². The maximum Gasteiger partial charge on any atom is 0.194 e. The van der Waals surface area contributed by atoms with Gasteiger partial charge in [0.2, 0.25) is 0 Å². The second kappa shape index (κ2) is 3.53. The molecule has 1 heterocycles. The van der Waals surface area contributed by atoms with Crippen LogP contribution in [-0.2, 0) is 6.42 Å². The number of aryl methyl sites for hydroxylation is 1. The van der Waals surface area contributed by atoms with Crippen LogP contribution in [0.4, 0.5) is 0 Å². The van der Waals surface area contributed by atoms with Gasteiger partial charge in [-0.1, -0.05) is 6.92 Å². The summed E-state index contributed by atoms with van der Waals surface area (Å²) in [5.41, 5.74) is 6.44. The molecule has 1 atom stereocenters. The lowest BCUT2D eigenvalue weighted by atomic mass is 10.3. The van der Waals surface area contributed by atoms with Crippen LogP contribution in [0.5, 0.6) is 0 Å². The van der Waals surface area contributed by atoms with E-state index in [1.165, 1.54) is 0 Å². The fraction of sp³-hybridized carbons (Fsp3) is 0.625. The lowest BCUT2D eigenvalue weighted by Gasteiger charge is -1.94. The van der Waals surface area contributed by atoms with Gasteiger partial charge in [-0.2, -0.15) is 0 Å². The molecule has 1 aromatic rings. The topological polar surface area (TPSA) is 52.0 Å². The number of hydrogen-bond acceptors (Lipinski definition) is 3. The van der Waals surface area contributed by atoms with Crippen LogP contribution >= 0.6 is 0 Å². The summed E-state index contributed by atoms with van der Waals surface area (Å²) >= 11 is 0. The summed E-state index contributed by atoms with van der Waals surface area (Å²) in [6.07, 6.45) is 3.58. The van der Waals surface area contributed by atoms with E-state index in [2.05, 4.69) is 11.9 Å². The summed E-state index contributed by atoms with van der Waals surface area (Å²) in [4.78, 5) is 4.21. The van der Waals surface area contributed by atoms with Crippen molar-refractivity contribution in [3.63, 3.8) is 0 Å². The van der Waals surface area contributed by atoms with Crippen LogP contribution in [0, 0.1) is 0 Å². The molecule has 3 heteroatoms. The highest BCUT2D eigenvalue weighted by Gasteiger charge is 2.05. The summed E-state index contributed by atoms with van der Waals surface area (Å²) in [5, 5.41) is 0. The maximum absolute atomic E-state index is 5.60. The predicted molar refractivity (Wildman–Crippen MR) is 43.1 cm³/mol. The third kappa shape index (κ3) is 2.05. The van der Waals surface area contributed by atoms with Gasteiger partial charge in [-0.25, -0.2) is 4.98 Å². The first kappa shape index (κ1) is 8.27. The number of rotatable bonds is 3. The second-order valence-electron chi connectivity index (χ2n) is 2.70. The van der Waals surface area contributed by atoms with E-state index in [1.54, 1.807) is 6.26 Å². The van der Waals surface area contributed by atoms with Gasteiger partial charge in [-0.3, -0.25) is 0 Å². The monoisotopic (exact) mass is 154 g/mol. The molecule has 0 aliphatic carbocycles. The standard InChI is InChI=1S/C8H14N2O/c1-3-4-8-10-7(5-11-8)6(2)9/h5-6H,3-4,9H2,1-2H3. The van der Waals surface area contributed by atoms with Gasteiger partial charge < -0.3 is 10.2 Å². The van der Waals surface area contributed by atoms with Crippen LogP contribution in [0.25, 0.3) is 0 Å². The average molecular weight is 154 g/mol. The molecule has 0 spiro atoms. The molecule has 0 bridgehead atoms. The van der Waals surface area contributed by atoms with Gasteiger partial charge in [-0.05, 0) is 13.3 Å². The Morgan fingerprint density at radius 3 is 2.91 bits per heavy atom. The van der Waals surface area contributed by atoms with Crippen LogP contribution in [0.2, 0.25) is 0 Å². The zero-order chi connectivity index (χ0) is 8.27. The van der Waals surface area contributed by atoms with Gasteiger partial charge >= 0.3 is 0 Å². The largest absolute Gasteiger partial charge is 0.449 e. The number of aromatic nitrogens is 1. The number of oxazole rings is 1. The lowest BCUT2D eigenvalue weighted by molar-refractivity contribution is 0.491. The van der Waals surface area contributed by atoms with Gasteiger partial charge in [0, 0.05) is 12.5 Å². The minimum absolute atomic E-state index is 0.0237. The molecule has 0 aromatic carbocycles. The van der Waals surface area contributed by atoms with E-state index in [0.717, 1.165) is 24.4 Å². The molecule has 0 saturated heterocycles. The maximum atomic E-state index is 5.60. The molecule has 0 fully saturated rings. The smallest absolute Gasteiger partial charge is 0.194 e.